The highest BCUT2D eigenvalue weighted by Crippen LogP contribution is 2.29. The molecule has 0 aromatic heterocycles. The maximum Gasteiger partial charge on any atom is 0.0181 e. The van der Waals surface area contributed by atoms with Gasteiger partial charge in [-0.3, -0.25) is 0 Å². The van der Waals surface area contributed by atoms with Crippen molar-refractivity contribution < 1.29 is 0 Å². The van der Waals surface area contributed by atoms with E-state index in [1.165, 1.54) is 27.8 Å². The highest BCUT2D eigenvalue weighted by Gasteiger charge is 2.05. The van der Waals surface area contributed by atoms with Crippen molar-refractivity contribution in [2.45, 2.75) is 20.8 Å². The molecule has 16 heavy (non-hydrogen) atoms. The number of benzene rings is 2. The van der Waals surface area contributed by atoms with Crippen molar-refractivity contribution in [2.75, 3.05) is 0 Å². The molecule has 2 aromatic carbocycles. The molecular weight excluding hydrogens is 260 g/mol. The summed E-state index contributed by atoms with van der Waals surface area (Å²) in [6.07, 6.45) is 0. The van der Waals surface area contributed by atoms with Gasteiger partial charge in [-0.25, -0.2) is 0 Å². The number of rotatable bonds is 1. The quantitative estimate of drug-likeness (QED) is 0.683. The summed E-state index contributed by atoms with van der Waals surface area (Å²) in [5.41, 5.74) is 6.60. The molecule has 0 radical (unpaired) electrons. The zero-order chi connectivity index (χ0) is 11.7. The van der Waals surface area contributed by atoms with Crippen LogP contribution in [-0.2, 0) is 0 Å². The first-order valence-corrected chi connectivity index (χ1v) is 6.21. The monoisotopic (exact) mass is 274 g/mol. The Morgan fingerprint density at radius 1 is 0.750 bits per heavy atom. The van der Waals surface area contributed by atoms with Crippen LogP contribution in [0.4, 0.5) is 0 Å². The minimum absolute atomic E-state index is 1.13. The van der Waals surface area contributed by atoms with Crippen molar-refractivity contribution in [2.24, 2.45) is 0 Å². The molecule has 0 N–H and O–H groups in total. The van der Waals surface area contributed by atoms with E-state index >= 15 is 0 Å². The smallest absolute Gasteiger partial charge is 0.0181 e. The average molecular weight is 275 g/mol. The molecule has 0 amide bonds. The summed E-state index contributed by atoms with van der Waals surface area (Å²) in [6, 6.07) is 13.0. The van der Waals surface area contributed by atoms with Gasteiger partial charge in [-0.1, -0.05) is 45.8 Å². The molecule has 0 aliphatic carbocycles. The largest absolute Gasteiger partial charge is 0.0590 e. The van der Waals surface area contributed by atoms with Crippen LogP contribution >= 0.6 is 15.9 Å². The van der Waals surface area contributed by atoms with Gasteiger partial charge in [0, 0.05) is 4.47 Å². The standard InChI is InChI=1S/C15H15Br/c1-10-4-5-11(2)14(8-10)15-9-13(16)7-6-12(15)3/h4-9H,1-3H3. The summed E-state index contributed by atoms with van der Waals surface area (Å²) >= 11 is 3.54. The minimum atomic E-state index is 1.13. The van der Waals surface area contributed by atoms with Gasteiger partial charge in [-0.15, -0.1) is 0 Å². The third kappa shape index (κ3) is 2.19. The lowest BCUT2D eigenvalue weighted by atomic mass is 9.95. The zero-order valence-corrected chi connectivity index (χ0v) is 11.4. The number of aryl methyl sites for hydroxylation is 3. The fourth-order valence-electron chi connectivity index (χ4n) is 1.91. The third-order valence-electron chi connectivity index (χ3n) is 2.88. The molecule has 0 aliphatic heterocycles. The van der Waals surface area contributed by atoms with E-state index in [0.717, 1.165) is 4.47 Å². The maximum atomic E-state index is 3.54. The molecule has 0 saturated carbocycles. The molecule has 0 fully saturated rings. The van der Waals surface area contributed by atoms with Crippen molar-refractivity contribution in [3.63, 3.8) is 0 Å². The summed E-state index contributed by atoms with van der Waals surface area (Å²) in [5, 5.41) is 0. The van der Waals surface area contributed by atoms with Gasteiger partial charge in [-0.2, -0.15) is 0 Å². The molecule has 2 rings (SSSR count). The van der Waals surface area contributed by atoms with Gasteiger partial charge in [0.05, 0.1) is 0 Å². The van der Waals surface area contributed by atoms with Crippen molar-refractivity contribution in [3.05, 3.63) is 57.6 Å². The fourth-order valence-corrected chi connectivity index (χ4v) is 2.27. The van der Waals surface area contributed by atoms with Crippen molar-refractivity contribution in [3.8, 4) is 11.1 Å². The van der Waals surface area contributed by atoms with E-state index < -0.39 is 0 Å². The van der Waals surface area contributed by atoms with E-state index in [0.29, 0.717) is 0 Å². The molecule has 0 unspecified atom stereocenters. The predicted molar refractivity (Wildman–Crippen MR) is 73.8 cm³/mol. The van der Waals surface area contributed by atoms with Crippen molar-refractivity contribution in [1.82, 2.24) is 0 Å². The van der Waals surface area contributed by atoms with Gasteiger partial charge in [-0.05, 0) is 55.2 Å². The van der Waals surface area contributed by atoms with Gasteiger partial charge in [0.2, 0.25) is 0 Å². The molecule has 1 heteroatoms. The van der Waals surface area contributed by atoms with Crippen LogP contribution in [0.3, 0.4) is 0 Å². The first-order valence-electron chi connectivity index (χ1n) is 5.42. The average Bonchev–Trinajstić information content (AvgIpc) is 2.25. The predicted octanol–water partition coefficient (Wildman–Crippen LogP) is 5.04. The Morgan fingerprint density at radius 3 is 2.00 bits per heavy atom. The van der Waals surface area contributed by atoms with Crippen LogP contribution < -0.4 is 0 Å². The second kappa shape index (κ2) is 4.42. The van der Waals surface area contributed by atoms with Gasteiger partial charge in [0.1, 0.15) is 0 Å². The van der Waals surface area contributed by atoms with Crippen LogP contribution in [0.1, 0.15) is 16.7 Å². The molecule has 0 saturated heterocycles. The lowest BCUT2D eigenvalue weighted by molar-refractivity contribution is 1.36. The van der Waals surface area contributed by atoms with Crippen molar-refractivity contribution in [1.29, 1.82) is 0 Å². The lowest BCUT2D eigenvalue weighted by Gasteiger charge is -2.11. The fraction of sp³-hybridized carbons (Fsp3) is 0.200. The Morgan fingerprint density at radius 2 is 1.31 bits per heavy atom. The SMILES string of the molecule is Cc1ccc(C)c(-c2cc(Br)ccc2C)c1. The molecule has 0 bridgehead atoms. The van der Waals surface area contributed by atoms with E-state index in [1.807, 2.05) is 0 Å². The van der Waals surface area contributed by atoms with Crippen LogP contribution in [0.2, 0.25) is 0 Å². The van der Waals surface area contributed by atoms with E-state index in [2.05, 4.69) is 73.1 Å². The second-order valence-corrected chi connectivity index (χ2v) is 5.19. The summed E-state index contributed by atoms with van der Waals surface area (Å²) < 4.78 is 1.13. The Bertz CT molecular complexity index is 477. The van der Waals surface area contributed by atoms with Crippen molar-refractivity contribution >= 4 is 15.9 Å². The summed E-state index contributed by atoms with van der Waals surface area (Å²) in [6.45, 7) is 6.45. The van der Waals surface area contributed by atoms with Gasteiger partial charge >= 0.3 is 0 Å². The summed E-state index contributed by atoms with van der Waals surface area (Å²) in [7, 11) is 0. The summed E-state index contributed by atoms with van der Waals surface area (Å²) in [4.78, 5) is 0. The van der Waals surface area contributed by atoms with E-state index in [-0.39, 0.29) is 0 Å². The Labute approximate surface area is 105 Å². The van der Waals surface area contributed by atoms with Gasteiger partial charge in [0.15, 0.2) is 0 Å². The zero-order valence-electron chi connectivity index (χ0n) is 9.84. The molecule has 0 atom stereocenters. The number of halogens is 1. The molecule has 0 nitrogen and oxygen atoms in total. The Hall–Kier alpha value is -1.08. The first-order chi connectivity index (χ1) is 7.58. The molecular formula is C15H15Br. The van der Waals surface area contributed by atoms with Gasteiger partial charge in [0.25, 0.3) is 0 Å². The molecule has 0 heterocycles. The normalized spacial score (nSPS) is 10.5. The highest BCUT2D eigenvalue weighted by atomic mass is 79.9. The summed E-state index contributed by atoms with van der Waals surface area (Å²) in [5.74, 6) is 0. The van der Waals surface area contributed by atoms with Crippen LogP contribution in [0, 0.1) is 20.8 Å². The minimum Gasteiger partial charge on any atom is -0.0590 e. The molecule has 82 valence electrons. The van der Waals surface area contributed by atoms with Gasteiger partial charge < -0.3 is 0 Å². The first kappa shape index (κ1) is 11.4. The topological polar surface area (TPSA) is 0 Å². The lowest BCUT2D eigenvalue weighted by Crippen LogP contribution is -1.88. The Balaban J connectivity index is 2.66. The maximum absolute atomic E-state index is 3.54. The van der Waals surface area contributed by atoms with Crippen LogP contribution in [0.5, 0.6) is 0 Å². The van der Waals surface area contributed by atoms with Crippen LogP contribution in [0.15, 0.2) is 40.9 Å². The van der Waals surface area contributed by atoms with Crippen LogP contribution in [0.25, 0.3) is 11.1 Å². The number of hydrogen-bond donors (Lipinski definition) is 0. The van der Waals surface area contributed by atoms with E-state index in [1.54, 1.807) is 0 Å². The third-order valence-corrected chi connectivity index (χ3v) is 3.38. The molecule has 0 spiro atoms. The second-order valence-electron chi connectivity index (χ2n) is 4.28. The Kier molecular flexibility index (Phi) is 3.15. The highest BCUT2D eigenvalue weighted by molar-refractivity contribution is 9.10. The molecule has 0 aliphatic rings. The van der Waals surface area contributed by atoms with E-state index in [4.69, 9.17) is 0 Å². The van der Waals surface area contributed by atoms with Crippen LogP contribution in [-0.4, -0.2) is 0 Å². The number of hydrogen-bond acceptors (Lipinski definition) is 0. The molecule has 2 aromatic rings. The van der Waals surface area contributed by atoms with E-state index in [9.17, 15) is 0 Å².